The minimum absolute atomic E-state index is 0.907. The molecule has 56 heavy (non-hydrogen) atoms. The van der Waals surface area contributed by atoms with Crippen LogP contribution < -0.4 is 0 Å². The first-order chi connectivity index (χ1) is 27.7. The third kappa shape index (κ3) is 4.50. The normalized spacial score (nSPS) is 12.1. The number of hydrogen-bond acceptors (Lipinski definition) is 1. The highest BCUT2D eigenvalue weighted by molar-refractivity contribution is 6.23. The van der Waals surface area contributed by atoms with Gasteiger partial charge in [-0.05, 0) is 132 Å². The van der Waals surface area contributed by atoms with Crippen molar-refractivity contribution in [3.63, 3.8) is 0 Å². The van der Waals surface area contributed by atoms with E-state index in [1.165, 1.54) is 98.4 Å². The lowest BCUT2D eigenvalue weighted by Gasteiger charge is -2.18. The van der Waals surface area contributed by atoms with Crippen LogP contribution in [-0.2, 0) is 6.42 Å². The van der Waals surface area contributed by atoms with E-state index in [1.54, 1.807) is 0 Å². The molecule has 0 aliphatic carbocycles. The van der Waals surface area contributed by atoms with E-state index in [0.717, 1.165) is 28.4 Å². The predicted molar refractivity (Wildman–Crippen MR) is 238 cm³/mol. The van der Waals surface area contributed by atoms with Crippen LogP contribution in [0.5, 0.6) is 0 Å². The zero-order chi connectivity index (χ0) is 36.9. The fourth-order valence-corrected chi connectivity index (χ4v) is 9.49. The minimum Gasteiger partial charge on any atom is -0.456 e. The molecule has 0 N–H and O–H groups in total. The molecule has 12 aromatic rings. The van der Waals surface area contributed by atoms with E-state index in [0.29, 0.717) is 0 Å². The minimum atomic E-state index is 0.907. The van der Waals surface area contributed by atoms with Crippen LogP contribution in [0, 0.1) is 0 Å². The quantitative estimate of drug-likeness (QED) is 0.131. The molecular formula is C54H35NO. The van der Waals surface area contributed by atoms with Gasteiger partial charge in [-0.25, -0.2) is 0 Å². The van der Waals surface area contributed by atoms with E-state index in [-0.39, 0.29) is 0 Å². The van der Waals surface area contributed by atoms with Crippen LogP contribution in [0.3, 0.4) is 0 Å². The van der Waals surface area contributed by atoms with Gasteiger partial charge in [0.25, 0.3) is 0 Å². The van der Waals surface area contributed by atoms with Crippen molar-refractivity contribution in [2.75, 3.05) is 0 Å². The summed E-state index contributed by atoms with van der Waals surface area (Å²) in [5.74, 6) is 0. The monoisotopic (exact) mass is 713 g/mol. The summed E-state index contributed by atoms with van der Waals surface area (Å²) in [6.07, 6.45) is 1.03. The van der Waals surface area contributed by atoms with Gasteiger partial charge >= 0.3 is 0 Å². The SMILES string of the molecule is CCc1ccc2c(ccc3cc4c(cc32)oc2ccc(-c3c5ccccc5c(-c5ccc6c(c5)c5ccccc5n6-c5ccccc5)c5ccccc35)cc24)c1. The number of furan rings is 1. The van der Waals surface area contributed by atoms with Gasteiger partial charge in [-0.15, -0.1) is 0 Å². The van der Waals surface area contributed by atoms with Gasteiger partial charge in [-0.1, -0.05) is 134 Å². The van der Waals surface area contributed by atoms with Crippen molar-refractivity contribution in [1.82, 2.24) is 4.57 Å². The lowest BCUT2D eigenvalue weighted by atomic mass is 9.85. The van der Waals surface area contributed by atoms with Crippen molar-refractivity contribution in [2.45, 2.75) is 13.3 Å². The Kier molecular flexibility index (Phi) is 6.64. The van der Waals surface area contributed by atoms with Crippen LogP contribution in [0.2, 0.25) is 0 Å². The van der Waals surface area contributed by atoms with Gasteiger partial charge in [-0.2, -0.15) is 0 Å². The molecule has 0 atom stereocenters. The summed E-state index contributed by atoms with van der Waals surface area (Å²) < 4.78 is 8.98. The number of benzene rings is 10. The maximum atomic E-state index is 6.59. The van der Waals surface area contributed by atoms with E-state index >= 15 is 0 Å². The summed E-state index contributed by atoms with van der Waals surface area (Å²) in [5, 5.41) is 14.8. The first-order valence-corrected chi connectivity index (χ1v) is 19.6. The zero-order valence-electron chi connectivity index (χ0n) is 30.9. The molecule has 10 aromatic carbocycles. The average molecular weight is 714 g/mol. The topological polar surface area (TPSA) is 18.1 Å². The number of hydrogen-bond donors (Lipinski definition) is 0. The molecule has 0 saturated carbocycles. The molecule has 0 aliphatic heterocycles. The lowest BCUT2D eigenvalue weighted by molar-refractivity contribution is 0.669. The summed E-state index contributed by atoms with van der Waals surface area (Å²) in [7, 11) is 0. The number of aryl methyl sites for hydroxylation is 1. The van der Waals surface area contributed by atoms with Crippen molar-refractivity contribution in [3.8, 4) is 27.9 Å². The molecule has 0 radical (unpaired) electrons. The first kappa shape index (κ1) is 31.2. The Morgan fingerprint density at radius 2 is 0.946 bits per heavy atom. The molecule has 0 amide bonds. The molecular weight excluding hydrogens is 679 g/mol. The van der Waals surface area contributed by atoms with Gasteiger partial charge in [0.15, 0.2) is 0 Å². The van der Waals surface area contributed by atoms with Gasteiger partial charge in [0.1, 0.15) is 11.2 Å². The highest BCUT2D eigenvalue weighted by Gasteiger charge is 2.20. The predicted octanol–water partition coefficient (Wildman–Crippen LogP) is 15.2. The summed E-state index contributed by atoms with van der Waals surface area (Å²) in [6, 6.07) is 67.0. The second-order valence-electron chi connectivity index (χ2n) is 15.1. The van der Waals surface area contributed by atoms with Crippen LogP contribution >= 0.6 is 0 Å². The molecule has 0 bridgehead atoms. The smallest absolute Gasteiger partial charge is 0.136 e. The first-order valence-electron chi connectivity index (χ1n) is 19.6. The second-order valence-corrected chi connectivity index (χ2v) is 15.1. The van der Waals surface area contributed by atoms with Gasteiger partial charge in [0, 0.05) is 27.2 Å². The molecule has 0 spiro atoms. The van der Waals surface area contributed by atoms with Crippen molar-refractivity contribution >= 4 is 86.8 Å². The van der Waals surface area contributed by atoms with Crippen LogP contribution in [0.4, 0.5) is 0 Å². The number of fused-ring (bicyclic) bond motifs is 11. The van der Waals surface area contributed by atoms with Crippen molar-refractivity contribution < 1.29 is 4.42 Å². The Balaban J connectivity index is 1.08. The maximum absolute atomic E-state index is 6.59. The van der Waals surface area contributed by atoms with E-state index in [2.05, 4.69) is 193 Å². The number of rotatable bonds is 4. The Hall–Kier alpha value is -7.16. The number of aromatic nitrogens is 1. The average Bonchev–Trinajstić information content (AvgIpc) is 3.79. The molecule has 0 fully saturated rings. The molecule has 2 heterocycles. The van der Waals surface area contributed by atoms with E-state index < -0.39 is 0 Å². The summed E-state index contributed by atoms with van der Waals surface area (Å²) in [4.78, 5) is 0. The Bertz CT molecular complexity index is 3510. The van der Waals surface area contributed by atoms with Gasteiger partial charge in [-0.3, -0.25) is 0 Å². The van der Waals surface area contributed by atoms with E-state index in [1.807, 2.05) is 0 Å². The van der Waals surface area contributed by atoms with Crippen LogP contribution in [0.15, 0.2) is 186 Å². The third-order valence-corrected chi connectivity index (χ3v) is 12.1. The highest BCUT2D eigenvalue weighted by atomic mass is 16.3. The Labute approximate surface area is 323 Å². The summed E-state index contributed by atoms with van der Waals surface area (Å²) >= 11 is 0. The number of nitrogens with zero attached hydrogens (tertiary/aromatic N) is 1. The molecule has 262 valence electrons. The summed E-state index contributed by atoms with van der Waals surface area (Å²) in [5.41, 5.74) is 11.7. The molecule has 0 unspecified atom stereocenters. The van der Waals surface area contributed by atoms with E-state index in [9.17, 15) is 0 Å². The van der Waals surface area contributed by atoms with Gasteiger partial charge < -0.3 is 8.98 Å². The molecule has 2 nitrogen and oxygen atoms in total. The molecule has 12 rings (SSSR count). The second kappa shape index (κ2) is 11.9. The van der Waals surface area contributed by atoms with Gasteiger partial charge in [0.05, 0.1) is 11.0 Å². The molecule has 0 saturated heterocycles. The third-order valence-electron chi connectivity index (χ3n) is 12.1. The number of para-hydroxylation sites is 2. The fraction of sp³-hybridized carbons (Fsp3) is 0.0370. The van der Waals surface area contributed by atoms with Crippen LogP contribution in [0.1, 0.15) is 12.5 Å². The lowest BCUT2D eigenvalue weighted by Crippen LogP contribution is -1.93. The highest BCUT2D eigenvalue weighted by Crippen LogP contribution is 2.46. The van der Waals surface area contributed by atoms with Crippen molar-refractivity contribution in [1.29, 1.82) is 0 Å². The molecule has 2 aromatic heterocycles. The van der Waals surface area contributed by atoms with Crippen LogP contribution in [0.25, 0.3) is 115 Å². The van der Waals surface area contributed by atoms with Crippen LogP contribution in [-0.4, -0.2) is 4.57 Å². The van der Waals surface area contributed by atoms with E-state index in [4.69, 9.17) is 4.42 Å². The Morgan fingerprint density at radius 3 is 1.64 bits per heavy atom. The largest absolute Gasteiger partial charge is 0.456 e. The fourth-order valence-electron chi connectivity index (χ4n) is 9.49. The standard InChI is InChI=1S/C54H35NO/c1-2-33-20-25-39-34(28-33)21-22-35-29-48-47-31-37(24-27-51(47)56-52(48)32-45(35)39)54-43-17-8-6-15-41(43)53(42-16-7-9-18-44(42)54)36-23-26-50-46(30-36)40-14-10-11-19-49(40)55(50)38-12-4-3-5-13-38/h3-32H,2H2,1H3. The van der Waals surface area contributed by atoms with Crippen molar-refractivity contribution in [2.24, 2.45) is 0 Å². The molecule has 0 aliphatic rings. The molecule has 2 heteroatoms. The summed E-state index contributed by atoms with van der Waals surface area (Å²) in [6.45, 7) is 2.21. The van der Waals surface area contributed by atoms with Crippen molar-refractivity contribution in [3.05, 3.63) is 188 Å². The Morgan fingerprint density at radius 1 is 0.375 bits per heavy atom. The zero-order valence-corrected chi connectivity index (χ0v) is 30.9. The van der Waals surface area contributed by atoms with Gasteiger partial charge in [0.2, 0.25) is 0 Å². The maximum Gasteiger partial charge on any atom is 0.136 e.